The lowest BCUT2D eigenvalue weighted by atomic mass is 10.1. The Morgan fingerprint density at radius 3 is 2.89 bits per heavy atom. The SMILES string of the molecule is Cc1nc(NC(=O)Cc2coc3ccc(F)cc23)sc1C(=O)OCC(C)C. The van der Waals surface area contributed by atoms with E-state index in [4.69, 9.17) is 9.15 Å². The van der Waals surface area contributed by atoms with Crippen molar-refractivity contribution in [2.24, 2.45) is 5.92 Å². The number of fused-ring (bicyclic) bond motifs is 1. The minimum atomic E-state index is -0.449. The van der Waals surface area contributed by atoms with Crippen molar-refractivity contribution in [3.63, 3.8) is 0 Å². The first-order valence-corrected chi connectivity index (χ1v) is 9.25. The number of hydrogen-bond acceptors (Lipinski definition) is 6. The quantitative estimate of drug-likeness (QED) is 0.634. The molecule has 0 saturated heterocycles. The molecule has 1 amide bonds. The van der Waals surface area contributed by atoms with Crippen LogP contribution >= 0.6 is 11.3 Å². The number of anilines is 1. The zero-order valence-corrected chi connectivity index (χ0v) is 16.0. The molecule has 8 heteroatoms. The molecule has 1 N–H and O–H groups in total. The Hall–Kier alpha value is -2.74. The van der Waals surface area contributed by atoms with Crippen molar-refractivity contribution in [1.82, 2.24) is 4.98 Å². The third kappa shape index (κ3) is 4.51. The first-order chi connectivity index (χ1) is 12.8. The number of thiazole rings is 1. The number of hydrogen-bond donors (Lipinski definition) is 1. The summed E-state index contributed by atoms with van der Waals surface area (Å²) < 4.78 is 24.0. The number of esters is 1. The topological polar surface area (TPSA) is 81.4 Å². The van der Waals surface area contributed by atoms with Gasteiger partial charge in [0.25, 0.3) is 0 Å². The lowest BCUT2D eigenvalue weighted by Crippen LogP contribution is -2.14. The highest BCUT2D eigenvalue weighted by Crippen LogP contribution is 2.25. The predicted molar refractivity (Wildman–Crippen MR) is 100 cm³/mol. The van der Waals surface area contributed by atoms with Crippen LogP contribution in [0.4, 0.5) is 9.52 Å². The van der Waals surface area contributed by atoms with Crippen molar-refractivity contribution in [2.75, 3.05) is 11.9 Å². The minimum Gasteiger partial charge on any atom is -0.464 e. The maximum Gasteiger partial charge on any atom is 0.350 e. The summed E-state index contributed by atoms with van der Waals surface area (Å²) >= 11 is 1.07. The van der Waals surface area contributed by atoms with Crippen LogP contribution in [0.3, 0.4) is 0 Å². The van der Waals surface area contributed by atoms with Crippen LogP contribution < -0.4 is 5.32 Å². The van der Waals surface area contributed by atoms with Gasteiger partial charge in [0.15, 0.2) is 5.13 Å². The van der Waals surface area contributed by atoms with E-state index in [1.54, 1.807) is 6.92 Å². The highest BCUT2D eigenvalue weighted by molar-refractivity contribution is 7.17. The summed E-state index contributed by atoms with van der Waals surface area (Å²) in [5.41, 5.74) is 1.59. The molecule has 6 nitrogen and oxygen atoms in total. The second-order valence-corrected chi connectivity index (χ2v) is 7.55. The number of ether oxygens (including phenoxy) is 1. The van der Waals surface area contributed by atoms with Crippen LogP contribution in [0.1, 0.15) is 34.8 Å². The number of carbonyl (C=O) groups excluding carboxylic acids is 2. The molecule has 0 radical (unpaired) electrons. The van der Waals surface area contributed by atoms with E-state index in [0.717, 1.165) is 11.3 Å². The van der Waals surface area contributed by atoms with E-state index < -0.39 is 11.8 Å². The number of furan rings is 1. The van der Waals surface area contributed by atoms with E-state index in [0.29, 0.717) is 38.8 Å². The van der Waals surface area contributed by atoms with Gasteiger partial charge in [-0.2, -0.15) is 0 Å². The van der Waals surface area contributed by atoms with E-state index in [2.05, 4.69) is 10.3 Å². The first-order valence-electron chi connectivity index (χ1n) is 8.43. The van der Waals surface area contributed by atoms with Gasteiger partial charge in [-0.3, -0.25) is 4.79 Å². The molecule has 1 aromatic carbocycles. The summed E-state index contributed by atoms with van der Waals surface area (Å²) in [6.07, 6.45) is 1.44. The molecule has 0 saturated carbocycles. The maximum atomic E-state index is 13.4. The number of amides is 1. The molecular weight excluding hydrogens is 371 g/mol. The molecule has 0 atom stereocenters. The third-order valence-electron chi connectivity index (χ3n) is 3.74. The van der Waals surface area contributed by atoms with Gasteiger partial charge in [-0.05, 0) is 31.0 Å². The largest absolute Gasteiger partial charge is 0.464 e. The lowest BCUT2D eigenvalue weighted by molar-refractivity contribution is -0.115. The van der Waals surface area contributed by atoms with Gasteiger partial charge in [-0.15, -0.1) is 0 Å². The van der Waals surface area contributed by atoms with Crippen molar-refractivity contribution in [2.45, 2.75) is 27.2 Å². The van der Waals surface area contributed by atoms with Gasteiger partial charge in [-0.25, -0.2) is 14.2 Å². The zero-order valence-electron chi connectivity index (χ0n) is 15.2. The zero-order chi connectivity index (χ0) is 19.6. The van der Waals surface area contributed by atoms with Crippen molar-refractivity contribution in [3.8, 4) is 0 Å². The van der Waals surface area contributed by atoms with E-state index >= 15 is 0 Å². The average Bonchev–Trinajstić information content (AvgIpc) is 3.16. The fourth-order valence-corrected chi connectivity index (χ4v) is 3.35. The van der Waals surface area contributed by atoms with Crippen molar-refractivity contribution in [1.29, 1.82) is 0 Å². The number of carbonyl (C=O) groups is 2. The summed E-state index contributed by atoms with van der Waals surface area (Å²) in [5.74, 6) is -0.949. The van der Waals surface area contributed by atoms with Gasteiger partial charge in [0, 0.05) is 10.9 Å². The Morgan fingerprint density at radius 1 is 1.37 bits per heavy atom. The molecule has 2 aromatic heterocycles. The molecule has 3 rings (SSSR count). The van der Waals surface area contributed by atoms with Gasteiger partial charge < -0.3 is 14.5 Å². The Bertz CT molecular complexity index is 993. The Labute approximate surface area is 159 Å². The monoisotopic (exact) mass is 390 g/mol. The summed E-state index contributed by atoms with van der Waals surface area (Å²) in [6.45, 7) is 5.90. The van der Waals surface area contributed by atoms with Crippen LogP contribution in [0.25, 0.3) is 11.0 Å². The maximum absolute atomic E-state index is 13.4. The normalized spacial score (nSPS) is 11.1. The number of rotatable bonds is 6. The number of benzene rings is 1. The van der Waals surface area contributed by atoms with Crippen molar-refractivity contribution in [3.05, 3.63) is 46.4 Å². The molecule has 0 spiro atoms. The average molecular weight is 390 g/mol. The number of aryl methyl sites for hydroxylation is 1. The highest BCUT2D eigenvalue weighted by atomic mass is 32.1. The molecule has 0 unspecified atom stereocenters. The number of nitrogens with one attached hydrogen (secondary N) is 1. The standard InChI is InChI=1S/C19H19FN2O4S/c1-10(2)8-26-18(24)17-11(3)21-19(27-17)22-16(23)6-12-9-25-15-5-4-13(20)7-14(12)15/h4-5,7,9-10H,6,8H2,1-3H3,(H,21,22,23). The van der Waals surface area contributed by atoms with E-state index in [-0.39, 0.29) is 18.2 Å². The number of halogens is 1. The second-order valence-electron chi connectivity index (χ2n) is 6.55. The predicted octanol–water partition coefficient (Wildman–Crippen LogP) is 4.33. The smallest absolute Gasteiger partial charge is 0.350 e. The van der Waals surface area contributed by atoms with Crippen LogP contribution in [0.15, 0.2) is 28.9 Å². The summed E-state index contributed by atoms with van der Waals surface area (Å²) in [7, 11) is 0. The molecule has 0 aliphatic carbocycles. The molecule has 3 aromatic rings. The molecule has 0 bridgehead atoms. The van der Waals surface area contributed by atoms with Crippen LogP contribution in [0.2, 0.25) is 0 Å². The molecule has 0 aliphatic heterocycles. The van der Waals surface area contributed by atoms with E-state index in [1.807, 2.05) is 13.8 Å². The van der Waals surface area contributed by atoms with Gasteiger partial charge >= 0.3 is 5.97 Å². The van der Waals surface area contributed by atoms with Gasteiger partial charge in [-0.1, -0.05) is 25.2 Å². The summed E-state index contributed by atoms with van der Waals surface area (Å²) in [6, 6.07) is 4.15. The lowest BCUT2D eigenvalue weighted by Gasteiger charge is -2.05. The molecule has 0 aliphatic rings. The van der Waals surface area contributed by atoms with Gasteiger partial charge in [0.2, 0.25) is 5.91 Å². The molecule has 142 valence electrons. The fraction of sp³-hybridized carbons (Fsp3) is 0.316. The van der Waals surface area contributed by atoms with E-state index in [9.17, 15) is 14.0 Å². The Balaban J connectivity index is 1.68. The fourth-order valence-electron chi connectivity index (χ4n) is 2.47. The highest BCUT2D eigenvalue weighted by Gasteiger charge is 2.19. The van der Waals surface area contributed by atoms with Crippen molar-refractivity contribution < 1.29 is 23.1 Å². The molecule has 0 fully saturated rings. The van der Waals surface area contributed by atoms with E-state index in [1.165, 1.54) is 24.5 Å². The first kappa shape index (κ1) is 19.0. The van der Waals surface area contributed by atoms with Gasteiger partial charge in [0.1, 0.15) is 16.3 Å². The number of nitrogens with zero attached hydrogens (tertiary/aromatic N) is 1. The van der Waals surface area contributed by atoms with Crippen LogP contribution in [-0.2, 0) is 16.0 Å². The Morgan fingerprint density at radius 2 is 2.15 bits per heavy atom. The summed E-state index contributed by atoms with van der Waals surface area (Å²) in [4.78, 5) is 29.0. The Kier molecular flexibility index (Phi) is 5.55. The van der Waals surface area contributed by atoms with Crippen LogP contribution in [0.5, 0.6) is 0 Å². The van der Waals surface area contributed by atoms with Crippen LogP contribution in [-0.4, -0.2) is 23.5 Å². The minimum absolute atomic E-state index is 0.00219. The number of aromatic nitrogens is 1. The third-order valence-corrected chi connectivity index (χ3v) is 4.80. The molecule has 27 heavy (non-hydrogen) atoms. The van der Waals surface area contributed by atoms with Gasteiger partial charge in [0.05, 0.1) is 25.0 Å². The second kappa shape index (κ2) is 7.87. The summed E-state index contributed by atoms with van der Waals surface area (Å²) in [5, 5.41) is 3.53. The van der Waals surface area contributed by atoms with Crippen LogP contribution in [0, 0.1) is 18.7 Å². The molecule has 2 heterocycles. The molecular formula is C19H19FN2O4S. The van der Waals surface area contributed by atoms with Crippen molar-refractivity contribution >= 4 is 39.3 Å².